The number of piperidine rings is 1. The third-order valence-corrected chi connectivity index (χ3v) is 4.84. The molecular weight excluding hydrogens is 324 g/mol. The Hall–Kier alpha value is -2.33. The Kier molecular flexibility index (Phi) is 7.08. The SMILES string of the molecule is O=C(COc1ccccc1Cc1ccccc1)NCCC1CCCNC1. The van der Waals surface area contributed by atoms with Crippen molar-refractivity contribution in [2.24, 2.45) is 5.92 Å². The lowest BCUT2D eigenvalue weighted by molar-refractivity contribution is -0.123. The van der Waals surface area contributed by atoms with Gasteiger partial charge < -0.3 is 15.4 Å². The Balaban J connectivity index is 1.44. The van der Waals surface area contributed by atoms with Crippen LogP contribution in [0.25, 0.3) is 0 Å². The number of ether oxygens (including phenoxy) is 1. The van der Waals surface area contributed by atoms with Gasteiger partial charge in [0.2, 0.25) is 0 Å². The number of carbonyl (C=O) groups excluding carboxylic acids is 1. The minimum atomic E-state index is -0.0525. The number of para-hydroxylation sites is 1. The first-order valence-electron chi connectivity index (χ1n) is 9.53. The molecule has 1 atom stereocenters. The minimum absolute atomic E-state index is 0.0525. The van der Waals surface area contributed by atoms with Crippen LogP contribution in [0.3, 0.4) is 0 Å². The third kappa shape index (κ3) is 5.88. The van der Waals surface area contributed by atoms with Crippen LogP contribution in [0.1, 0.15) is 30.4 Å². The van der Waals surface area contributed by atoms with Gasteiger partial charge >= 0.3 is 0 Å². The molecule has 1 amide bonds. The van der Waals surface area contributed by atoms with Crippen LogP contribution < -0.4 is 15.4 Å². The lowest BCUT2D eigenvalue weighted by Gasteiger charge is -2.22. The number of amides is 1. The van der Waals surface area contributed by atoms with Crippen molar-refractivity contribution in [2.45, 2.75) is 25.7 Å². The van der Waals surface area contributed by atoms with Crippen LogP contribution in [0.4, 0.5) is 0 Å². The molecular formula is C22H28N2O2. The number of hydrogen-bond acceptors (Lipinski definition) is 3. The van der Waals surface area contributed by atoms with E-state index in [1.807, 2.05) is 36.4 Å². The molecule has 2 aromatic rings. The van der Waals surface area contributed by atoms with Crippen LogP contribution in [-0.2, 0) is 11.2 Å². The van der Waals surface area contributed by atoms with Gasteiger partial charge in [-0.25, -0.2) is 0 Å². The maximum absolute atomic E-state index is 12.1. The highest BCUT2D eigenvalue weighted by Gasteiger charge is 2.13. The van der Waals surface area contributed by atoms with E-state index < -0.39 is 0 Å². The van der Waals surface area contributed by atoms with Gasteiger partial charge in [0.05, 0.1) is 0 Å². The zero-order chi connectivity index (χ0) is 18.0. The maximum atomic E-state index is 12.1. The van der Waals surface area contributed by atoms with Gasteiger partial charge in [0.25, 0.3) is 5.91 Å². The Morgan fingerprint density at radius 2 is 1.92 bits per heavy atom. The summed E-state index contributed by atoms with van der Waals surface area (Å²) < 4.78 is 5.79. The molecule has 0 bridgehead atoms. The fraction of sp³-hybridized carbons (Fsp3) is 0.409. The van der Waals surface area contributed by atoms with Gasteiger partial charge in [-0.3, -0.25) is 4.79 Å². The normalized spacial score (nSPS) is 16.8. The molecule has 1 aliphatic rings. The number of carbonyl (C=O) groups is 1. The average molecular weight is 352 g/mol. The second-order valence-electron chi connectivity index (χ2n) is 6.91. The smallest absolute Gasteiger partial charge is 0.257 e. The van der Waals surface area contributed by atoms with E-state index in [0.717, 1.165) is 43.8 Å². The van der Waals surface area contributed by atoms with Crippen molar-refractivity contribution in [3.05, 3.63) is 65.7 Å². The van der Waals surface area contributed by atoms with Gasteiger partial charge in [-0.2, -0.15) is 0 Å². The number of rotatable bonds is 8. The predicted octanol–water partition coefficient (Wildman–Crippen LogP) is 3.16. The quantitative estimate of drug-likeness (QED) is 0.767. The Morgan fingerprint density at radius 1 is 1.12 bits per heavy atom. The number of benzene rings is 2. The summed E-state index contributed by atoms with van der Waals surface area (Å²) in [5, 5.41) is 6.39. The first-order chi connectivity index (χ1) is 12.8. The molecule has 3 rings (SSSR count). The second-order valence-corrected chi connectivity index (χ2v) is 6.91. The van der Waals surface area contributed by atoms with Crippen molar-refractivity contribution in [3.8, 4) is 5.75 Å². The molecule has 0 spiro atoms. The van der Waals surface area contributed by atoms with Crippen LogP contribution in [0.15, 0.2) is 54.6 Å². The molecule has 2 aromatic carbocycles. The van der Waals surface area contributed by atoms with Crippen LogP contribution in [0.2, 0.25) is 0 Å². The molecule has 1 heterocycles. The van der Waals surface area contributed by atoms with Gasteiger partial charge in [-0.05, 0) is 55.5 Å². The summed E-state index contributed by atoms with van der Waals surface area (Å²) in [4.78, 5) is 12.1. The lowest BCUT2D eigenvalue weighted by atomic mass is 9.96. The van der Waals surface area contributed by atoms with Crippen LogP contribution in [0, 0.1) is 5.92 Å². The summed E-state index contributed by atoms with van der Waals surface area (Å²) in [6, 6.07) is 18.2. The summed E-state index contributed by atoms with van der Waals surface area (Å²) >= 11 is 0. The summed E-state index contributed by atoms with van der Waals surface area (Å²) in [5.41, 5.74) is 2.33. The average Bonchev–Trinajstić information content (AvgIpc) is 2.69. The Labute approximate surface area is 156 Å². The van der Waals surface area contributed by atoms with E-state index in [2.05, 4.69) is 28.8 Å². The van der Waals surface area contributed by atoms with Gasteiger partial charge in [-0.15, -0.1) is 0 Å². The molecule has 0 aromatic heterocycles. The fourth-order valence-electron chi connectivity index (χ4n) is 3.39. The highest BCUT2D eigenvalue weighted by molar-refractivity contribution is 5.77. The first kappa shape index (κ1) is 18.5. The zero-order valence-electron chi connectivity index (χ0n) is 15.2. The zero-order valence-corrected chi connectivity index (χ0v) is 15.2. The summed E-state index contributed by atoms with van der Waals surface area (Å²) in [6.45, 7) is 2.98. The van der Waals surface area contributed by atoms with Crippen molar-refractivity contribution in [1.82, 2.24) is 10.6 Å². The molecule has 1 unspecified atom stereocenters. The van der Waals surface area contributed by atoms with Crippen LogP contribution in [0.5, 0.6) is 5.75 Å². The van der Waals surface area contributed by atoms with Crippen molar-refractivity contribution in [3.63, 3.8) is 0 Å². The monoisotopic (exact) mass is 352 g/mol. The van der Waals surface area contributed by atoms with Crippen molar-refractivity contribution >= 4 is 5.91 Å². The summed E-state index contributed by atoms with van der Waals surface area (Å²) in [7, 11) is 0. The molecule has 0 radical (unpaired) electrons. The van der Waals surface area contributed by atoms with Crippen molar-refractivity contribution in [2.75, 3.05) is 26.2 Å². The molecule has 1 saturated heterocycles. The Morgan fingerprint density at radius 3 is 2.73 bits per heavy atom. The second kappa shape index (κ2) is 9.97. The third-order valence-electron chi connectivity index (χ3n) is 4.84. The van der Waals surface area contributed by atoms with E-state index in [-0.39, 0.29) is 12.5 Å². The summed E-state index contributed by atoms with van der Waals surface area (Å²) in [6.07, 6.45) is 4.32. The van der Waals surface area contributed by atoms with E-state index in [1.54, 1.807) is 0 Å². The predicted molar refractivity (Wildman–Crippen MR) is 104 cm³/mol. The van der Waals surface area contributed by atoms with Crippen molar-refractivity contribution < 1.29 is 9.53 Å². The molecule has 138 valence electrons. The standard InChI is InChI=1S/C22H28N2O2/c25-22(24-14-12-19-9-6-13-23-16-19)17-26-21-11-5-4-10-20(21)15-18-7-2-1-3-8-18/h1-5,7-8,10-11,19,23H,6,9,12-17H2,(H,24,25). The molecule has 1 fully saturated rings. The van der Waals surface area contributed by atoms with E-state index in [4.69, 9.17) is 4.74 Å². The highest BCUT2D eigenvalue weighted by atomic mass is 16.5. The molecule has 0 aliphatic carbocycles. The topological polar surface area (TPSA) is 50.4 Å². The fourth-order valence-corrected chi connectivity index (χ4v) is 3.39. The first-order valence-corrected chi connectivity index (χ1v) is 9.53. The number of nitrogens with one attached hydrogen (secondary N) is 2. The molecule has 4 nitrogen and oxygen atoms in total. The van der Waals surface area contributed by atoms with Gasteiger partial charge in [0.15, 0.2) is 6.61 Å². The van der Waals surface area contributed by atoms with Crippen LogP contribution >= 0.6 is 0 Å². The van der Waals surface area contributed by atoms with Gasteiger partial charge in [-0.1, -0.05) is 48.5 Å². The van der Waals surface area contributed by atoms with Gasteiger partial charge in [0.1, 0.15) is 5.75 Å². The molecule has 0 saturated carbocycles. The molecule has 1 aliphatic heterocycles. The van der Waals surface area contributed by atoms with E-state index in [9.17, 15) is 4.79 Å². The maximum Gasteiger partial charge on any atom is 0.257 e. The molecule has 26 heavy (non-hydrogen) atoms. The van der Waals surface area contributed by atoms with E-state index >= 15 is 0 Å². The molecule has 4 heteroatoms. The van der Waals surface area contributed by atoms with E-state index in [0.29, 0.717) is 5.92 Å². The molecule has 2 N–H and O–H groups in total. The van der Waals surface area contributed by atoms with Gasteiger partial charge in [0, 0.05) is 13.0 Å². The van der Waals surface area contributed by atoms with Crippen molar-refractivity contribution in [1.29, 1.82) is 0 Å². The van der Waals surface area contributed by atoms with E-state index in [1.165, 1.54) is 18.4 Å². The summed E-state index contributed by atoms with van der Waals surface area (Å²) in [5.74, 6) is 1.41. The Bertz CT molecular complexity index is 682. The largest absolute Gasteiger partial charge is 0.483 e. The van der Waals surface area contributed by atoms with Crippen LogP contribution in [-0.4, -0.2) is 32.1 Å². The highest BCUT2D eigenvalue weighted by Crippen LogP contribution is 2.21. The minimum Gasteiger partial charge on any atom is -0.483 e. The number of hydrogen-bond donors (Lipinski definition) is 2. The lowest BCUT2D eigenvalue weighted by Crippen LogP contribution is -2.34.